The molecular weight excluding hydrogens is 553 g/mol. The quantitative estimate of drug-likeness (QED) is 0.103. The van der Waals surface area contributed by atoms with Crippen molar-refractivity contribution in [2.75, 3.05) is 18.1 Å². The van der Waals surface area contributed by atoms with E-state index in [0.29, 0.717) is 34.8 Å². The van der Waals surface area contributed by atoms with E-state index in [1.54, 1.807) is 18.2 Å². The lowest BCUT2D eigenvalue weighted by molar-refractivity contribution is -0.132. The minimum Gasteiger partial charge on any atom is -0.507 e. The Morgan fingerprint density at radius 2 is 1.80 bits per heavy atom. The van der Waals surface area contributed by atoms with Gasteiger partial charge in [-0.2, -0.15) is 0 Å². The molecule has 1 amide bonds. The second-order valence-electron chi connectivity index (χ2n) is 9.17. The molecule has 2 aliphatic heterocycles. The van der Waals surface area contributed by atoms with Gasteiger partial charge in [-0.1, -0.05) is 71.1 Å². The van der Waals surface area contributed by atoms with E-state index in [0.717, 1.165) is 27.4 Å². The SMILES string of the molecule is Cc1ccc(CSc2nnc(N3C(=O)C(=O)/C(=C(/O)c4ccc5c(c4)OCCO5)[C@@H]3c3ccccc3F)s2)cc1. The minimum atomic E-state index is -1.25. The van der Waals surface area contributed by atoms with Gasteiger partial charge in [0, 0.05) is 16.9 Å². The number of ether oxygens (including phenoxy) is 2. The van der Waals surface area contributed by atoms with Crippen LogP contribution in [-0.2, 0) is 15.3 Å². The van der Waals surface area contributed by atoms with Crippen molar-refractivity contribution in [1.29, 1.82) is 0 Å². The lowest BCUT2D eigenvalue weighted by Crippen LogP contribution is -2.29. The average Bonchev–Trinajstić information content (AvgIpc) is 3.54. The van der Waals surface area contributed by atoms with Gasteiger partial charge in [-0.25, -0.2) is 4.39 Å². The number of carbonyl (C=O) groups is 2. The fourth-order valence-electron chi connectivity index (χ4n) is 4.55. The number of aromatic nitrogens is 2. The number of hydrogen-bond donors (Lipinski definition) is 1. The zero-order valence-corrected chi connectivity index (χ0v) is 22.8. The summed E-state index contributed by atoms with van der Waals surface area (Å²) >= 11 is 2.56. The Morgan fingerprint density at radius 1 is 1.05 bits per heavy atom. The monoisotopic (exact) mass is 575 g/mol. The van der Waals surface area contributed by atoms with Crippen molar-refractivity contribution in [3.63, 3.8) is 0 Å². The van der Waals surface area contributed by atoms with E-state index in [1.165, 1.54) is 36.0 Å². The third-order valence-corrected chi connectivity index (χ3v) is 8.67. The summed E-state index contributed by atoms with van der Waals surface area (Å²) in [4.78, 5) is 27.9. The number of anilines is 1. The van der Waals surface area contributed by atoms with Gasteiger partial charge in [-0.15, -0.1) is 10.2 Å². The molecule has 1 N–H and O–H groups in total. The van der Waals surface area contributed by atoms with Gasteiger partial charge in [-0.05, 0) is 36.8 Å². The molecule has 1 fully saturated rings. The van der Waals surface area contributed by atoms with E-state index in [-0.39, 0.29) is 21.8 Å². The lowest BCUT2D eigenvalue weighted by atomic mass is 9.95. The summed E-state index contributed by atoms with van der Waals surface area (Å²) in [6.07, 6.45) is 0. The molecule has 0 bridgehead atoms. The summed E-state index contributed by atoms with van der Waals surface area (Å²) in [7, 11) is 0. The van der Waals surface area contributed by atoms with Gasteiger partial charge in [0.05, 0.1) is 5.57 Å². The van der Waals surface area contributed by atoms with Crippen LogP contribution in [0.25, 0.3) is 5.76 Å². The van der Waals surface area contributed by atoms with Crippen LogP contribution in [0.1, 0.15) is 28.3 Å². The molecule has 4 aromatic rings. The summed E-state index contributed by atoms with van der Waals surface area (Å²) in [6.45, 7) is 2.74. The Labute approximate surface area is 237 Å². The topological polar surface area (TPSA) is 102 Å². The number of amides is 1. The van der Waals surface area contributed by atoms with Crippen LogP contribution < -0.4 is 14.4 Å². The first-order valence-corrected chi connectivity index (χ1v) is 14.2. The van der Waals surface area contributed by atoms with E-state index < -0.39 is 29.3 Å². The zero-order chi connectivity index (χ0) is 27.8. The Hall–Kier alpha value is -4.22. The van der Waals surface area contributed by atoms with Crippen LogP contribution >= 0.6 is 23.1 Å². The van der Waals surface area contributed by atoms with Crippen molar-refractivity contribution in [3.05, 3.63) is 100 Å². The molecule has 0 unspecified atom stereocenters. The van der Waals surface area contributed by atoms with E-state index in [4.69, 9.17) is 9.47 Å². The molecule has 0 saturated carbocycles. The summed E-state index contributed by atoms with van der Waals surface area (Å²) in [6, 6.07) is 17.4. The summed E-state index contributed by atoms with van der Waals surface area (Å²) < 4.78 is 26.9. The molecule has 8 nitrogen and oxygen atoms in total. The van der Waals surface area contributed by atoms with Crippen molar-refractivity contribution < 1.29 is 28.6 Å². The number of hydrogen-bond acceptors (Lipinski definition) is 9. The molecule has 0 aliphatic carbocycles. The van der Waals surface area contributed by atoms with E-state index in [1.807, 2.05) is 31.2 Å². The second kappa shape index (κ2) is 10.7. The molecule has 3 aromatic carbocycles. The molecule has 1 aromatic heterocycles. The molecule has 6 rings (SSSR count). The molecule has 0 radical (unpaired) electrons. The number of nitrogens with zero attached hydrogens (tertiary/aromatic N) is 3. The number of fused-ring (bicyclic) bond motifs is 1. The number of aliphatic hydroxyl groups is 1. The first-order valence-electron chi connectivity index (χ1n) is 12.4. The van der Waals surface area contributed by atoms with Crippen LogP contribution in [0.15, 0.2) is 76.6 Å². The van der Waals surface area contributed by atoms with Crippen LogP contribution in [0.3, 0.4) is 0 Å². The van der Waals surface area contributed by atoms with Gasteiger partial charge in [0.2, 0.25) is 5.13 Å². The summed E-state index contributed by atoms with van der Waals surface area (Å²) in [5, 5.41) is 19.9. The molecule has 2 aliphatic rings. The number of aliphatic hydroxyl groups excluding tert-OH is 1. The number of Topliss-reactive ketones (excluding diaryl/α,β-unsaturated/α-hetero) is 1. The van der Waals surface area contributed by atoms with Crippen molar-refractivity contribution in [3.8, 4) is 11.5 Å². The van der Waals surface area contributed by atoms with Gasteiger partial charge in [-0.3, -0.25) is 14.5 Å². The number of ketones is 1. The Morgan fingerprint density at radius 3 is 2.58 bits per heavy atom. The highest BCUT2D eigenvalue weighted by atomic mass is 32.2. The largest absolute Gasteiger partial charge is 0.507 e. The van der Waals surface area contributed by atoms with Gasteiger partial charge >= 0.3 is 5.91 Å². The van der Waals surface area contributed by atoms with Gasteiger partial charge in [0.15, 0.2) is 15.8 Å². The summed E-state index contributed by atoms with van der Waals surface area (Å²) in [5.74, 6) is -1.45. The number of carbonyl (C=O) groups excluding carboxylic acids is 2. The van der Waals surface area contributed by atoms with Crippen LogP contribution in [0.2, 0.25) is 0 Å². The molecule has 11 heteroatoms. The molecule has 202 valence electrons. The standard InChI is InChI=1S/C29H22FN3O5S2/c1-16-6-8-17(9-7-16)15-39-29-32-31-28(40-29)33-24(19-4-2-3-5-20(19)30)23(26(35)27(33)36)25(34)18-10-11-21-22(14-18)38-13-12-37-21/h2-11,14,24,34H,12-13,15H2,1H3/b25-23+/t24-/m0/s1. The first-order chi connectivity index (χ1) is 19.4. The first kappa shape index (κ1) is 26.0. The smallest absolute Gasteiger partial charge is 0.301 e. The van der Waals surface area contributed by atoms with Crippen LogP contribution in [0.4, 0.5) is 9.52 Å². The molecule has 3 heterocycles. The number of rotatable bonds is 6. The maximum atomic E-state index is 15.2. The van der Waals surface area contributed by atoms with Crippen LogP contribution in [0.5, 0.6) is 11.5 Å². The molecule has 1 saturated heterocycles. The fraction of sp³-hybridized carbons (Fsp3) is 0.172. The third kappa shape index (κ3) is 4.82. The second-order valence-corrected chi connectivity index (χ2v) is 11.4. The Bertz CT molecular complexity index is 1650. The highest BCUT2D eigenvalue weighted by Gasteiger charge is 2.49. The van der Waals surface area contributed by atoms with E-state index in [2.05, 4.69) is 10.2 Å². The number of thioether (sulfide) groups is 1. The normalized spacial score (nSPS) is 17.9. The van der Waals surface area contributed by atoms with E-state index in [9.17, 15) is 14.7 Å². The maximum Gasteiger partial charge on any atom is 0.301 e. The molecular formula is C29H22FN3O5S2. The molecule has 40 heavy (non-hydrogen) atoms. The summed E-state index contributed by atoms with van der Waals surface area (Å²) in [5.41, 5.74) is 2.28. The zero-order valence-electron chi connectivity index (χ0n) is 21.2. The highest BCUT2D eigenvalue weighted by Crippen LogP contribution is 2.45. The van der Waals surface area contributed by atoms with Crippen molar-refractivity contribution in [2.45, 2.75) is 23.1 Å². The van der Waals surface area contributed by atoms with Crippen molar-refractivity contribution >= 4 is 45.7 Å². The number of aryl methyl sites for hydroxylation is 1. The molecule has 0 spiro atoms. The van der Waals surface area contributed by atoms with Crippen LogP contribution in [0, 0.1) is 12.7 Å². The van der Waals surface area contributed by atoms with Gasteiger partial charge in [0.1, 0.15) is 30.8 Å². The van der Waals surface area contributed by atoms with Gasteiger partial charge in [0.25, 0.3) is 5.78 Å². The maximum absolute atomic E-state index is 15.2. The Kier molecular flexibility index (Phi) is 6.99. The van der Waals surface area contributed by atoms with E-state index >= 15 is 4.39 Å². The van der Waals surface area contributed by atoms with Crippen molar-refractivity contribution in [1.82, 2.24) is 10.2 Å². The minimum absolute atomic E-state index is 0.0462. The molecule has 1 atom stereocenters. The number of benzene rings is 3. The third-order valence-electron chi connectivity index (χ3n) is 6.54. The highest BCUT2D eigenvalue weighted by molar-refractivity contribution is 8.00. The van der Waals surface area contributed by atoms with Crippen molar-refractivity contribution in [2.24, 2.45) is 0 Å². The lowest BCUT2D eigenvalue weighted by Gasteiger charge is -2.23. The Balaban J connectivity index is 1.39. The van der Waals surface area contributed by atoms with Crippen LogP contribution in [-0.4, -0.2) is 40.2 Å². The predicted molar refractivity (Wildman–Crippen MR) is 149 cm³/mol. The average molecular weight is 576 g/mol. The predicted octanol–water partition coefficient (Wildman–Crippen LogP) is 5.68. The fourth-order valence-corrected chi connectivity index (χ4v) is 6.38. The number of halogens is 1. The van der Waals surface area contributed by atoms with Gasteiger partial charge < -0.3 is 14.6 Å².